The van der Waals surface area contributed by atoms with Crippen LogP contribution in [0.5, 0.6) is 0 Å². The molecule has 0 saturated carbocycles. The first-order valence-electron chi connectivity index (χ1n) is 5.39. The lowest BCUT2D eigenvalue weighted by Crippen LogP contribution is -2.17. The van der Waals surface area contributed by atoms with Crippen LogP contribution in [0.3, 0.4) is 0 Å². The van der Waals surface area contributed by atoms with Gasteiger partial charge < -0.3 is 10.2 Å². The number of thiazole rings is 1. The Hall–Kier alpha value is -0.450. The fourth-order valence-corrected chi connectivity index (χ4v) is 2.82. The van der Waals surface area contributed by atoms with Crippen molar-refractivity contribution >= 4 is 11.3 Å². The van der Waals surface area contributed by atoms with E-state index in [-0.39, 0.29) is 0 Å². The molecule has 1 unspecified atom stereocenters. The molecule has 0 radical (unpaired) electrons. The highest BCUT2D eigenvalue weighted by Crippen LogP contribution is 2.25. The summed E-state index contributed by atoms with van der Waals surface area (Å²) in [6.07, 6.45) is 0. The van der Waals surface area contributed by atoms with Gasteiger partial charge in [-0.3, -0.25) is 0 Å². The van der Waals surface area contributed by atoms with Crippen LogP contribution in [0.15, 0.2) is 0 Å². The number of hydrogen-bond acceptors (Lipinski definition) is 4. The smallest absolute Gasteiger partial charge is 0.107 e. The molecule has 1 aromatic heterocycles. The zero-order valence-corrected chi connectivity index (χ0v) is 11.1. The minimum absolute atomic E-state index is 0.420. The van der Waals surface area contributed by atoms with Gasteiger partial charge in [-0.2, -0.15) is 0 Å². The summed E-state index contributed by atoms with van der Waals surface area (Å²) in [5.41, 5.74) is 1.17. The largest absolute Gasteiger partial charge is 0.310 e. The molecule has 0 aliphatic carbocycles. The van der Waals surface area contributed by atoms with Crippen LogP contribution in [-0.2, 0) is 6.54 Å². The zero-order valence-electron chi connectivity index (χ0n) is 10.3. The molecule has 0 spiro atoms. The van der Waals surface area contributed by atoms with Gasteiger partial charge in [0.15, 0.2) is 0 Å². The average molecular weight is 227 g/mol. The van der Waals surface area contributed by atoms with Gasteiger partial charge >= 0.3 is 0 Å². The Bertz CT molecular complexity index is 307. The molecule has 3 nitrogen and oxygen atoms in total. The number of hydrogen-bond donors (Lipinski definition) is 1. The fraction of sp³-hybridized carbons (Fsp3) is 0.727. The number of nitrogens with zero attached hydrogens (tertiary/aromatic N) is 2. The normalized spacial score (nSPS) is 13.5. The Morgan fingerprint density at radius 2 is 2.13 bits per heavy atom. The maximum atomic E-state index is 4.59. The van der Waals surface area contributed by atoms with E-state index in [1.165, 1.54) is 15.6 Å². The number of aryl methyl sites for hydroxylation is 1. The number of rotatable bonds is 5. The Morgan fingerprint density at radius 1 is 1.47 bits per heavy atom. The first-order valence-corrected chi connectivity index (χ1v) is 6.20. The second kappa shape index (κ2) is 5.58. The topological polar surface area (TPSA) is 28.2 Å². The molecular formula is C11H21N3S. The Balaban J connectivity index is 2.76. The van der Waals surface area contributed by atoms with Crippen molar-refractivity contribution in [2.45, 2.75) is 33.4 Å². The third-order valence-electron chi connectivity index (χ3n) is 2.23. The average Bonchev–Trinajstić information content (AvgIpc) is 2.46. The Labute approximate surface area is 96.5 Å². The van der Waals surface area contributed by atoms with E-state index in [0.717, 1.165) is 13.1 Å². The molecule has 0 bridgehead atoms. The van der Waals surface area contributed by atoms with Gasteiger partial charge in [-0.05, 0) is 34.5 Å². The van der Waals surface area contributed by atoms with Gasteiger partial charge in [0.25, 0.3) is 0 Å². The summed E-state index contributed by atoms with van der Waals surface area (Å²) in [5, 5.41) is 4.63. The molecule has 0 aliphatic heterocycles. The van der Waals surface area contributed by atoms with Crippen molar-refractivity contribution in [3.63, 3.8) is 0 Å². The predicted molar refractivity (Wildman–Crippen MR) is 66.3 cm³/mol. The lowest BCUT2D eigenvalue weighted by molar-refractivity contribution is 0.401. The van der Waals surface area contributed by atoms with Crippen LogP contribution in [0.2, 0.25) is 0 Å². The molecule has 0 saturated heterocycles. The third-order valence-corrected chi connectivity index (χ3v) is 3.56. The van der Waals surface area contributed by atoms with Gasteiger partial charge in [-0.25, -0.2) is 4.98 Å². The van der Waals surface area contributed by atoms with Gasteiger partial charge in [-0.15, -0.1) is 11.3 Å². The van der Waals surface area contributed by atoms with Crippen molar-refractivity contribution < 1.29 is 0 Å². The van der Waals surface area contributed by atoms with Crippen LogP contribution in [0.1, 0.15) is 35.5 Å². The quantitative estimate of drug-likeness (QED) is 0.835. The van der Waals surface area contributed by atoms with Crippen LogP contribution in [-0.4, -0.2) is 30.5 Å². The van der Waals surface area contributed by atoms with Crippen LogP contribution < -0.4 is 5.32 Å². The molecular weight excluding hydrogens is 206 g/mol. The molecule has 1 heterocycles. The van der Waals surface area contributed by atoms with Gasteiger partial charge in [0.05, 0.1) is 5.69 Å². The van der Waals surface area contributed by atoms with E-state index in [4.69, 9.17) is 0 Å². The van der Waals surface area contributed by atoms with Crippen molar-refractivity contribution in [1.29, 1.82) is 0 Å². The Morgan fingerprint density at radius 3 is 2.67 bits per heavy atom. The summed E-state index contributed by atoms with van der Waals surface area (Å²) in [6, 6.07) is 0.420. The SMILES string of the molecule is CCNC(C)c1sc(CN(C)C)nc1C. The molecule has 0 aromatic carbocycles. The minimum atomic E-state index is 0.420. The monoisotopic (exact) mass is 227 g/mol. The molecule has 86 valence electrons. The molecule has 1 rings (SSSR count). The maximum absolute atomic E-state index is 4.59. The van der Waals surface area contributed by atoms with Crippen molar-refractivity contribution in [2.75, 3.05) is 20.6 Å². The van der Waals surface area contributed by atoms with Crippen molar-refractivity contribution in [3.05, 3.63) is 15.6 Å². The number of nitrogens with one attached hydrogen (secondary N) is 1. The van der Waals surface area contributed by atoms with Crippen molar-refractivity contribution in [2.24, 2.45) is 0 Å². The summed E-state index contributed by atoms with van der Waals surface area (Å²) < 4.78 is 0. The molecule has 1 atom stereocenters. The highest BCUT2D eigenvalue weighted by molar-refractivity contribution is 7.11. The fourth-order valence-electron chi connectivity index (χ4n) is 1.60. The van der Waals surface area contributed by atoms with Gasteiger partial charge in [0.1, 0.15) is 5.01 Å². The van der Waals surface area contributed by atoms with Gasteiger partial charge in [-0.1, -0.05) is 6.92 Å². The van der Waals surface area contributed by atoms with E-state index in [1.54, 1.807) is 0 Å². The molecule has 1 N–H and O–H groups in total. The molecule has 15 heavy (non-hydrogen) atoms. The second-order valence-electron chi connectivity index (χ2n) is 4.07. The predicted octanol–water partition coefficient (Wildman–Crippen LogP) is 2.18. The lowest BCUT2D eigenvalue weighted by atomic mass is 10.2. The summed E-state index contributed by atoms with van der Waals surface area (Å²) >= 11 is 1.82. The Kier molecular flexibility index (Phi) is 4.70. The standard InChI is InChI=1S/C11H21N3S/c1-6-12-8(2)11-9(3)13-10(15-11)7-14(4)5/h8,12H,6-7H2,1-5H3. The summed E-state index contributed by atoms with van der Waals surface area (Å²) in [4.78, 5) is 8.11. The summed E-state index contributed by atoms with van der Waals surface area (Å²) in [5.74, 6) is 0. The third kappa shape index (κ3) is 3.55. The molecule has 1 aromatic rings. The van der Waals surface area contributed by atoms with E-state index in [2.05, 4.69) is 50.1 Å². The van der Waals surface area contributed by atoms with Crippen LogP contribution in [0, 0.1) is 6.92 Å². The van der Waals surface area contributed by atoms with Crippen LogP contribution >= 0.6 is 11.3 Å². The first kappa shape index (κ1) is 12.6. The molecule has 0 fully saturated rings. The van der Waals surface area contributed by atoms with E-state index >= 15 is 0 Å². The van der Waals surface area contributed by atoms with E-state index in [0.29, 0.717) is 6.04 Å². The molecule has 0 aliphatic rings. The summed E-state index contributed by atoms with van der Waals surface area (Å²) in [7, 11) is 4.15. The highest BCUT2D eigenvalue weighted by atomic mass is 32.1. The highest BCUT2D eigenvalue weighted by Gasteiger charge is 2.13. The molecule has 0 amide bonds. The van der Waals surface area contributed by atoms with Crippen LogP contribution in [0.25, 0.3) is 0 Å². The minimum Gasteiger partial charge on any atom is -0.310 e. The first-order chi connectivity index (χ1) is 7.04. The van der Waals surface area contributed by atoms with Gasteiger partial charge in [0, 0.05) is 17.5 Å². The zero-order chi connectivity index (χ0) is 11.4. The second-order valence-corrected chi connectivity index (χ2v) is 5.19. The van der Waals surface area contributed by atoms with Crippen LogP contribution in [0.4, 0.5) is 0 Å². The van der Waals surface area contributed by atoms with Crippen molar-refractivity contribution in [1.82, 2.24) is 15.2 Å². The number of aromatic nitrogens is 1. The van der Waals surface area contributed by atoms with E-state index in [1.807, 2.05) is 11.3 Å². The summed E-state index contributed by atoms with van der Waals surface area (Å²) in [6.45, 7) is 8.36. The van der Waals surface area contributed by atoms with E-state index in [9.17, 15) is 0 Å². The van der Waals surface area contributed by atoms with Crippen molar-refractivity contribution in [3.8, 4) is 0 Å². The maximum Gasteiger partial charge on any atom is 0.107 e. The van der Waals surface area contributed by atoms with Gasteiger partial charge in [0.2, 0.25) is 0 Å². The van der Waals surface area contributed by atoms with E-state index < -0.39 is 0 Å². The lowest BCUT2D eigenvalue weighted by Gasteiger charge is -2.10. The molecule has 4 heteroatoms.